The summed E-state index contributed by atoms with van der Waals surface area (Å²) in [5.41, 5.74) is 1.17. The molecule has 18 heavy (non-hydrogen) atoms. The van der Waals surface area contributed by atoms with Gasteiger partial charge < -0.3 is 5.32 Å². The number of hydrogen-bond acceptors (Lipinski definition) is 2. The van der Waals surface area contributed by atoms with Crippen molar-refractivity contribution >= 4 is 15.9 Å². The Labute approximate surface area is 116 Å². The quantitative estimate of drug-likeness (QED) is 0.923. The Morgan fingerprint density at radius 2 is 2.22 bits per heavy atom. The molecule has 1 N–H and O–H groups in total. The van der Waals surface area contributed by atoms with Gasteiger partial charge in [0.05, 0.1) is 0 Å². The fourth-order valence-electron chi connectivity index (χ4n) is 2.69. The Bertz CT molecular complexity index is 434. The average Bonchev–Trinajstić information content (AvgIpc) is 3.17. The van der Waals surface area contributed by atoms with E-state index in [2.05, 4.69) is 26.1 Å². The number of piperazine rings is 1. The molecule has 1 aromatic carbocycles. The van der Waals surface area contributed by atoms with Crippen LogP contribution in [-0.2, 0) is 6.54 Å². The molecular weight excluding hydrogens is 295 g/mol. The maximum absolute atomic E-state index is 13.0. The largest absolute Gasteiger partial charge is 0.311 e. The van der Waals surface area contributed by atoms with Gasteiger partial charge in [0.25, 0.3) is 0 Å². The standard InChI is InChI=1S/C14H18BrFN2/c15-13-7-12(16)4-3-11(13)8-18-6-5-17-14(9-18)10-1-2-10/h3-4,7,10,14,17H,1-2,5-6,8-9H2. The predicted molar refractivity (Wildman–Crippen MR) is 73.9 cm³/mol. The highest BCUT2D eigenvalue weighted by Gasteiger charge is 2.33. The molecule has 1 heterocycles. The SMILES string of the molecule is Fc1ccc(CN2CCNC(C3CC3)C2)c(Br)c1. The van der Waals surface area contributed by atoms with Crippen LogP contribution in [0.1, 0.15) is 18.4 Å². The van der Waals surface area contributed by atoms with Crippen molar-refractivity contribution in [2.75, 3.05) is 19.6 Å². The van der Waals surface area contributed by atoms with E-state index in [0.717, 1.165) is 36.6 Å². The molecule has 1 unspecified atom stereocenters. The molecule has 0 radical (unpaired) electrons. The lowest BCUT2D eigenvalue weighted by atomic mass is 10.1. The number of benzene rings is 1. The number of hydrogen-bond donors (Lipinski definition) is 1. The summed E-state index contributed by atoms with van der Waals surface area (Å²) in [4.78, 5) is 2.47. The minimum atomic E-state index is -0.179. The molecule has 2 fully saturated rings. The number of nitrogens with zero attached hydrogens (tertiary/aromatic N) is 1. The Morgan fingerprint density at radius 1 is 1.39 bits per heavy atom. The maximum atomic E-state index is 13.0. The first-order chi connectivity index (χ1) is 8.72. The van der Waals surface area contributed by atoms with E-state index >= 15 is 0 Å². The van der Waals surface area contributed by atoms with Crippen molar-refractivity contribution < 1.29 is 4.39 Å². The molecular formula is C14H18BrFN2. The van der Waals surface area contributed by atoms with Crippen LogP contribution < -0.4 is 5.32 Å². The van der Waals surface area contributed by atoms with Crippen molar-refractivity contribution in [2.24, 2.45) is 5.92 Å². The summed E-state index contributed by atoms with van der Waals surface area (Å²) >= 11 is 3.45. The van der Waals surface area contributed by atoms with E-state index in [1.807, 2.05) is 6.07 Å². The van der Waals surface area contributed by atoms with Crippen molar-refractivity contribution in [3.8, 4) is 0 Å². The van der Waals surface area contributed by atoms with Gasteiger partial charge in [-0.15, -0.1) is 0 Å². The van der Waals surface area contributed by atoms with Crippen molar-refractivity contribution in [3.63, 3.8) is 0 Å². The number of halogens is 2. The van der Waals surface area contributed by atoms with E-state index in [1.165, 1.54) is 18.4 Å². The van der Waals surface area contributed by atoms with Gasteiger partial charge >= 0.3 is 0 Å². The monoisotopic (exact) mass is 312 g/mol. The first-order valence-electron chi connectivity index (χ1n) is 6.62. The molecule has 2 nitrogen and oxygen atoms in total. The lowest BCUT2D eigenvalue weighted by molar-refractivity contribution is 0.181. The molecule has 1 saturated heterocycles. The van der Waals surface area contributed by atoms with E-state index in [1.54, 1.807) is 12.1 Å². The first kappa shape index (κ1) is 12.6. The van der Waals surface area contributed by atoms with E-state index in [4.69, 9.17) is 0 Å². The normalized spacial score (nSPS) is 25.3. The van der Waals surface area contributed by atoms with Crippen LogP contribution in [0.4, 0.5) is 4.39 Å². The molecule has 1 atom stereocenters. The van der Waals surface area contributed by atoms with E-state index < -0.39 is 0 Å². The molecule has 0 aromatic heterocycles. The third-order valence-electron chi connectivity index (χ3n) is 3.89. The Morgan fingerprint density at radius 3 is 2.94 bits per heavy atom. The van der Waals surface area contributed by atoms with Gasteiger partial charge in [-0.2, -0.15) is 0 Å². The van der Waals surface area contributed by atoms with E-state index in [9.17, 15) is 4.39 Å². The van der Waals surface area contributed by atoms with Crippen LogP contribution in [0.15, 0.2) is 22.7 Å². The molecule has 1 aliphatic carbocycles. The highest BCUT2D eigenvalue weighted by molar-refractivity contribution is 9.10. The maximum Gasteiger partial charge on any atom is 0.124 e. The van der Waals surface area contributed by atoms with Gasteiger partial charge in [0, 0.05) is 36.7 Å². The average molecular weight is 313 g/mol. The fraction of sp³-hybridized carbons (Fsp3) is 0.571. The van der Waals surface area contributed by atoms with Gasteiger partial charge in [0.1, 0.15) is 5.82 Å². The molecule has 0 amide bonds. The van der Waals surface area contributed by atoms with E-state index in [-0.39, 0.29) is 5.82 Å². The molecule has 1 saturated carbocycles. The summed E-state index contributed by atoms with van der Waals surface area (Å²) in [7, 11) is 0. The van der Waals surface area contributed by atoms with Gasteiger partial charge in [-0.05, 0) is 36.5 Å². The van der Waals surface area contributed by atoms with Crippen LogP contribution in [-0.4, -0.2) is 30.6 Å². The predicted octanol–water partition coefficient (Wildman–Crippen LogP) is 2.77. The minimum Gasteiger partial charge on any atom is -0.311 e. The second-order valence-corrected chi connectivity index (χ2v) is 6.22. The van der Waals surface area contributed by atoms with Gasteiger partial charge in [-0.25, -0.2) is 4.39 Å². The van der Waals surface area contributed by atoms with E-state index in [0.29, 0.717) is 6.04 Å². The van der Waals surface area contributed by atoms with Crippen molar-refractivity contribution in [2.45, 2.75) is 25.4 Å². The van der Waals surface area contributed by atoms with Gasteiger partial charge in [0.2, 0.25) is 0 Å². The second kappa shape index (κ2) is 5.27. The molecule has 0 bridgehead atoms. The molecule has 4 heteroatoms. The molecule has 2 aliphatic rings. The van der Waals surface area contributed by atoms with Crippen LogP contribution in [0.25, 0.3) is 0 Å². The smallest absolute Gasteiger partial charge is 0.124 e. The highest BCUT2D eigenvalue weighted by atomic mass is 79.9. The van der Waals surface area contributed by atoms with Gasteiger partial charge in [-0.3, -0.25) is 4.90 Å². The molecule has 3 rings (SSSR count). The third kappa shape index (κ3) is 2.92. The summed E-state index contributed by atoms with van der Waals surface area (Å²) in [6.07, 6.45) is 2.76. The third-order valence-corrected chi connectivity index (χ3v) is 4.63. The van der Waals surface area contributed by atoms with Crippen LogP contribution in [0.2, 0.25) is 0 Å². The zero-order valence-corrected chi connectivity index (χ0v) is 11.9. The van der Waals surface area contributed by atoms with Crippen molar-refractivity contribution in [3.05, 3.63) is 34.1 Å². The summed E-state index contributed by atoms with van der Waals surface area (Å²) in [5.74, 6) is 0.714. The van der Waals surface area contributed by atoms with Crippen molar-refractivity contribution in [1.82, 2.24) is 10.2 Å². The Kier molecular flexibility index (Phi) is 3.68. The van der Waals surface area contributed by atoms with Crippen LogP contribution in [0.3, 0.4) is 0 Å². The van der Waals surface area contributed by atoms with Crippen LogP contribution in [0.5, 0.6) is 0 Å². The summed E-state index contributed by atoms with van der Waals surface area (Å²) in [6.45, 7) is 4.17. The molecule has 1 aromatic rings. The zero-order chi connectivity index (χ0) is 12.5. The van der Waals surface area contributed by atoms with Gasteiger partial charge in [-0.1, -0.05) is 22.0 Å². The van der Waals surface area contributed by atoms with Crippen LogP contribution in [0, 0.1) is 11.7 Å². The molecule has 1 aliphatic heterocycles. The second-order valence-electron chi connectivity index (χ2n) is 5.37. The van der Waals surface area contributed by atoms with Gasteiger partial charge in [0.15, 0.2) is 0 Å². The summed E-state index contributed by atoms with van der Waals surface area (Å²) < 4.78 is 13.9. The fourth-order valence-corrected chi connectivity index (χ4v) is 3.17. The zero-order valence-electron chi connectivity index (χ0n) is 10.3. The first-order valence-corrected chi connectivity index (χ1v) is 7.41. The summed E-state index contributed by atoms with van der Waals surface area (Å²) in [6, 6.07) is 5.64. The highest BCUT2D eigenvalue weighted by Crippen LogP contribution is 2.34. The number of nitrogens with one attached hydrogen (secondary N) is 1. The Balaban J connectivity index is 1.64. The topological polar surface area (TPSA) is 15.3 Å². The lowest BCUT2D eigenvalue weighted by Crippen LogP contribution is -2.51. The lowest BCUT2D eigenvalue weighted by Gasteiger charge is -2.34. The summed E-state index contributed by atoms with van der Waals surface area (Å²) in [5, 5.41) is 3.61. The molecule has 98 valence electrons. The number of rotatable bonds is 3. The van der Waals surface area contributed by atoms with Crippen molar-refractivity contribution in [1.29, 1.82) is 0 Å². The Hall–Kier alpha value is -0.450. The van der Waals surface area contributed by atoms with Crippen LogP contribution >= 0.6 is 15.9 Å². The molecule has 0 spiro atoms. The minimum absolute atomic E-state index is 0.179.